The summed E-state index contributed by atoms with van der Waals surface area (Å²) in [5.74, 6) is 0. The summed E-state index contributed by atoms with van der Waals surface area (Å²) in [4.78, 5) is 2.38. The van der Waals surface area contributed by atoms with Crippen LogP contribution in [0.2, 0.25) is 0 Å². The summed E-state index contributed by atoms with van der Waals surface area (Å²) in [6.45, 7) is 0. The number of nitrogens with zero attached hydrogens (tertiary/aromatic N) is 1. The first-order valence-electron chi connectivity index (χ1n) is 18.8. The fourth-order valence-electron chi connectivity index (χ4n) is 7.44. The standard InChI is InChI=1S/C54H39N/c1-5-15-40(16-6-1)44-25-27-47(28-26-44)53-23-13-14-24-54(53)55(51-33-29-45(30-34-51)41-17-7-2-8-18-41)52-35-31-46(32-36-52)50-38-48(42-19-9-3-10-20-42)37-49(39-50)43-21-11-4-12-22-43/h1-39H. The average Bonchev–Trinajstić information content (AvgIpc) is 3.28. The first-order chi connectivity index (χ1) is 27.3. The summed E-state index contributed by atoms with van der Waals surface area (Å²) in [7, 11) is 0. The number of hydrogen-bond donors (Lipinski definition) is 0. The van der Waals surface area contributed by atoms with Crippen molar-refractivity contribution in [1.82, 2.24) is 0 Å². The average molecular weight is 702 g/mol. The van der Waals surface area contributed by atoms with Crippen LogP contribution in [0.1, 0.15) is 0 Å². The Bertz CT molecular complexity index is 2570. The van der Waals surface area contributed by atoms with Crippen LogP contribution in [-0.4, -0.2) is 0 Å². The molecule has 0 heterocycles. The van der Waals surface area contributed by atoms with E-state index in [1.165, 1.54) is 66.8 Å². The van der Waals surface area contributed by atoms with E-state index < -0.39 is 0 Å². The molecule has 0 aliphatic rings. The van der Waals surface area contributed by atoms with Crippen LogP contribution in [0.5, 0.6) is 0 Å². The third-order valence-corrected chi connectivity index (χ3v) is 10.3. The largest absolute Gasteiger partial charge is 0.310 e. The van der Waals surface area contributed by atoms with E-state index >= 15 is 0 Å². The molecule has 0 bridgehead atoms. The molecule has 9 rings (SSSR count). The lowest BCUT2D eigenvalue weighted by Crippen LogP contribution is -2.11. The van der Waals surface area contributed by atoms with Gasteiger partial charge >= 0.3 is 0 Å². The molecule has 0 spiro atoms. The zero-order valence-electron chi connectivity index (χ0n) is 30.5. The summed E-state index contributed by atoms with van der Waals surface area (Å²) in [6.07, 6.45) is 0. The van der Waals surface area contributed by atoms with Crippen molar-refractivity contribution in [3.8, 4) is 66.8 Å². The van der Waals surface area contributed by atoms with Crippen LogP contribution in [0.15, 0.2) is 237 Å². The number of anilines is 3. The van der Waals surface area contributed by atoms with Crippen molar-refractivity contribution in [2.75, 3.05) is 4.90 Å². The highest BCUT2D eigenvalue weighted by molar-refractivity contribution is 5.90. The van der Waals surface area contributed by atoms with Gasteiger partial charge in [0, 0.05) is 16.9 Å². The molecule has 0 fully saturated rings. The molecule has 9 aromatic carbocycles. The summed E-state index contributed by atoms with van der Waals surface area (Å²) in [6, 6.07) is 85.0. The molecule has 0 N–H and O–H groups in total. The number of benzene rings is 9. The highest BCUT2D eigenvalue weighted by atomic mass is 15.1. The molecule has 1 heteroatoms. The fraction of sp³-hybridized carbons (Fsp3) is 0. The quantitative estimate of drug-likeness (QED) is 0.145. The van der Waals surface area contributed by atoms with Gasteiger partial charge in [0.15, 0.2) is 0 Å². The Hall–Kier alpha value is -7.22. The summed E-state index contributed by atoms with van der Waals surface area (Å²) in [5, 5.41) is 0. The van der Waals surface area contributed by atoms with E-state index in [0.29, 0.717) is 0 Å². The van der Waals surface area contributed by atoms with Gasteiger partial charge in [-0.05, 0) is 110 Å². The maximum atomic E-state index is 2.38. The third kappa shape index (κ3) is 7.25. The maximum Gasteiger partial charge on any atom is 0.0540 e. The van der Waals surface area contributed by atoms with Crippen molar-refractivity contribution in [1.29, 1.82) is 0 Å². The zero-order valence-corrected chi connectivity index (χ0v) is 30.5. The lowest BCUT2D eigenvalue weighted by molar-refractivity contribution is 1.28. The smallest absolute Gasteiger partial charge is 0.0540 e. The summed E-state index contributed by atoms with van der Waals surface area (Å²) in [5.41, 5.74) is 17.6. The van der Waals surface area contributed by atoms with Crippen LogP contribution in [0.3, 0.4) is 0 Å². The van der Waals surface area contributed by atoms with E-state index in [1.54, 1.807) is 0 Å². The SMILES string of the molecule is c1ccc(-c2ccc(-c3ccccc3N(c3ccc(-c4ccccc4)cc3)c3ccc(-c4cc(-c5ccccc5)cc(-c5ccccc5)c4)cc3)cc2)cc1. The van der Waals surface area contributed by atoms with Gasteiger partial charge < -0.3 is 4.90 Å². The van der Waals surface area contributed by atoms with Crippen molar-refractivity contribution in [3.05, 3.63) is 237 Å². The minimum absolute atomic E-state index is 1.09. The van der Waals surface area contributed by atoms with E-state index in [-0.39, 0.29) is 0 Å². The van der Waals surface area contributed by atoms with Gasteiger partial charge in [0.1, 0.15) is 0 Å². The van der Waals surface area contributed by atoms with Crippen molar-refractivity contribution in [2.45, 2.75) is 0 Å². The highest BCUT2D eigenvalue weighted by Crippen LogP contribution is 2.42. The maximum absolute atomic E-state index is 2.38. The molecular weight excluding hydrogens is 663 g/mol. The van der Waals surface area contributed by atoms with Gasteiger partial charge in [0.2, 0.25) is 0 Å². The third-order valence-electron chi connectivity index (χ3n) is 10.3. The minimum atomic E-state index is 1.09. The molecule has 9 aromatic rings. The Morgan fingerprint density at radius 2 is 0.473 bits per heavy atom. The van der Waals surface area contributed by atoms with Crippen LogP contribution in [-0.2, 0) is 0 Å². The van der Waals surface area contributed by atoms with Gasteiger partial charge in [-0.2, -0.15) is 0 Å². The van der Waals surface area contributed by atoms with Crippen LogP contribution >= 0.6 is 0 Å². The molecule has 0 radical (unpaired) electrons. The van der Waals surface area contributed by atoms with E-state index in [1.807, 2.05) is 0 Å². The second-order valence-electron chi connectivity index (χ2n) is 13.8. The van der Waals surface area contributed by atoms with Gasteiger partial charge in [0.05, 0.1) is 5.69 Å². The number of para-hydroxylation sites is 1. The van der Waals surface area contributed by atoms with Crippen molar-refractivity contribution in [2.24, 2.45) is 0 Å². The van der Waals surface area contributed by atoms with E-state index in [0.717, 1.165) is 17.1 Å². The molecule has 0 aliphatic heterocycles. The molecule has 0 unspecified atom stereocenters. The van der Waals surface area contributed by atoms with Gasteiger partial charge in [-0.1, -0.05) is 188 Å². The van der Waals surface area contributed by atoms with Crippen LogP contribution in [0.25, 0.3) is 66.8 Å². The molecule has 0 saturated heterocycles. The first kappa shape index (κ1) is 33.6. The zero-order chi connectivity index (χ0) is 36.8. The molecule has 260 valence electrons. The minimum Gasteiger partial charge on any atom is -0.310 e. The molecule has 0 aliphatic carbocycles. The molecule has 0 atom stereocenters. The Morgan fingerprint density at radius 1 is 0.200 bits per heavy atom. The summed E-state index contributed by atoms with van der Waals surface area (Å²) < 4.78 is 0. The Balaban J connectivity index is 1.14. The number of rotatable bonds is 9. The van der Waals surface area contributed by atoms with Crippen LogP contribution in [0, 0.1) is 0 Å². The van der Waals surface area contributed by atoms with Crippen LogP contribution < -0.4 is 4.90 Å². The topological polar surface area (TPSA) is 3.24 Å². The van der Waals surface area contributed by atoms with Gasteiger partial charge in [-0.15, -0.1) is 0 Å². The Morgan fingerprint density at radius 3 is 0.873 bits per heavy atom. The predicted octanol–water partition coefficient (Wildman–Crippen LogP) is 15.2. The first-order valence-corrected chi connectivity index (χ1v) is 18.8. The Kier molecular flexibility index (Phi) is 9.41. The number of hydrogen-bond acceptors (Lipinski definition) is 1. The van der Waals surface area contributed by atoms with Gasteiger partial charge in [-0.25, -0.2) is 0 Å². The second kappa shape index (κ2) is 15.4. The van der Waals surface area contributed by atoms with Crippen LogP contribution in [0.4, 0.5) is 17.1 Å². The summed E-state index contributed by atoms with van der Waals surface area (Å²) >= 11 is 0. The lowest BCUT2D eigenvalue weighted by atomic mass is 9.93. The van der Waals surface area contributed by atoms with E-state index in [2.05, 4.69) is 241 Å². The fourth-order valence-corrected chi connectivity index (χ4v) is 7.44. The van der Waals surface area contributed by atoms with Crippen molar-refractivity contribution >= 4 is 17.1 Å². The van der Waals surface area contributed by atoms with E-state index in [9.17, 15) is 0 Å². The Labute approximate surface area is 324 Å². The molecule has 1 nitrogen and oxygen atoms in total. The van der Waals surface area contributed by atoms with Gasteiger partial charge in [0.25, 0.3) is 0 Å². The predicted molar refractivity (Wildman–Crippen MR) is 234 cm³/mol. The van der Waals surface area contributed by atoms with Crippen molar-refractivity contribution in [3.63, 3.8) is 0 Å². The second-order valence-corrected chi connectivity index (χ2v) is 13.8. The molecule has 55 heavy (non-hydrogen) atoms. The van der Waals surface area contributed by atoms with Gasteiger partial charge in [-0.3, -0.25) is 0 Å². The molecule has 0 aromatic heterocycles. The molecule has 0 amide bonds. The normalized spacial score (nSPS) is 10.9. The monoisotopic (exact) mass is 701 g/mol. The molecule has 0 saturated carbocycles. The highest BCUT2D eigenvalue weighted by Gasteiger charge is 2.18. The van der Waals surface area contributed by atoms with Crippen molar-refractivity contribution < 1.29 is 0 Å². The molecular formula is C54H39N. The lowest BCUT2D eigenvalue weighted by Gasteiger charge is -2.28. The van der Waals surface area contributed by atoms with E-state index in [4.69, 9.17) is 0 Å².